The number of sulfonamides is 1. The third kappa shape index (κ3) is 3.37. The molecule has 0 aromatic heterocycles. The molecule has 21 heavy (non-hydrogen) atoms. The van der Waals surface area contributed by atoms with Gasteiger partial charge < -0.3 is 0 Å². The summed E-state index contributed by atoms with van der Waals surface area (Å²) in [6, 6.07) is 11.5. The van der Waals surface area contributed by atoms with Gasteiger partial charge in [0.25, 0.3) is 10.0 Å². The van der Waals surface area contributed by atoms with Crippen LogP contribution in [-0.4, -0.2) is 15.0 Å². The Morgan fingerprint density at radius 2 is 1.81 bits per heavy atom. The van der Waals surface area contributed by atoms with E-state index < -0.39 is 10.0 Å². The smallest absolute Gasteiger partial charge is 0.265 e. The second kappa shape index (κ2) is 6.57. The normalized spacial score (nSPS) is 11.4. The molecule has 0 atom stereocenters. The number of benzene rings is 2. The molecule has 0 aliphatic rings. The van der Waals surface area contributed by atoms with E-state index in [-0.39, 0.29) is 16.5 Å². The van der Waals surface area contributed by atoms with Crippen molar-refractivity contribution >= 4 is 54.8 Å². The van der Waals surface area contributed by atoms with Crippen molar-refractivity contribution in [2.24, 2.45) is 0 Å². The maximum Gasteiger partial charge on any atom is 0.265 e. The second-order valence-corrected chi connectivity index (χ2v) is 7.72. The molecule has 2 rings (SSSR count). The van der Waals surface area contributed by atoms with Crippen LogP contribution in [0.25, 0.3) is 0 Å². The summed E-state index contributed by atoms with van der Waals surface area (Å²) < 4.78 is 27.7. The van der Waals surface area contributed by atoms with E-state index in [1.165, 1.54) is 16.4 Å². The molecule has 0 saturated carbocycles. The highest BCUT2D eigenvalue weighted by Crippen LogP contribution is 2.33. The monoisotopic (exact) mass is 407 g/mol. The van der Waals surface area contributed by atoms with Gasteiger partial charge in [-0.3, -0.25) is 4.31 Å². The van der Waals surface area contributed by atoms with Gasteiger partial charge >= 0.3 is 0 Å². The summed E-state index contributed by atoms with van der Waals surface area (Å²) in [4.78, 5) is -0.00531. The van der Waals surface area contributed by atoms with E-state index in [0.717, 1.165) is 0 Å². The standard InChI is InChI=1S/C14H12BrCl2NO2S/c1-2-18(13-6-4-3-5-11(13)15)21(19,20)14-9-10(16)7-8-12(14)17/h3-9H,2H2,1H3. The summed E-state index contributed by atoms with van der Waals surface area (Å²) in [5.41, 5.74) is 0.552. The van der Waals surface area contributed by atoms with Gasteiger partial charge in [-0.2, -0.15) is 0 Å². The Kier molecular flexibility index (Phi) is 5.20. The van der Waals surface area contributed by atoms with Gasteiger partial charge in [0, 0.05) is 16.0 Å². The fourth-order valence-electron chi connectivity index (χ4n) is 1.92. The van der Waals surface area contributed by atoms with E-state index in [2.05, 4.69) is 15.9 Å². The molecule has 7 heteroatoms. The van der Waals surface area contributed by atoms with Gasteiger partial charge in [-0.15, -0.1) is 0 Å². The molecule has 0 unspecified atom stereocenters. The molecule has 3 nitrogen and oxygen atoms in total. The van der Waals surface area contributed by atoms with E-state index in [0.29, 0.717) is 15.2 Å². The van der Waals surface area contributed by atoms with Crippen LogP contribution in [0.2, 0.25) is 10.0 Å². The first-order chi connectivity index (χ1) is 9.87. The Labute approximate surface area is 142 Å². The molecule has 0 amide bonds. The average Bonchev–Trinajstić information content (AvgIpc) is 2.44. The highest BCUT2D eigenvalue weighted by atomic mass is 79.9. The maximum absolute atomic E-state index is 12.9. The zero-order valence-corrected chi connectivity index (χ0v) is 15.0. The molecule has 2 aromatic rings. The predicted octanol–water partition coefficient (Wildman–Crippen LogP) is 4.97. The van der Waals surface area contributed by atoms with Crippen LogP contribution in [-0.2, 0) is 10.0 Å². The molecule has 112 valence electrons. The summed E-state index contributed by atoms with van der Waals surface area (Å²) in [6.45, 7) is 2.03. The number of hydrogen-bond donors (Lipinski definition) is 0. The second-order valence-electron chi connectivity index (χ2n) is 4.20. The third-order valence-electron chi connectivity index (χ3n) is 2.87. The molecule has 0 bridgehead atoms. The molecule has 2 aromatic carbocycles. The van der Waals surface area contributed by atoms with Crippen LogP contribution in [0.3, 0.4) is 0 Å². The van der Waals surface area contributed by atoms with Crippen LogP contribution in [0.1, 0.15) is 6.92 Å². The van der Waals surface area contributed by atoms with Crippen LogP contribution < -0.4 is 4.31 Å². The van der Waals surface area contributed by atoms with Crippen molar-refractivity contribution in [1.29, 1.82) is 0 Å². The summed E-state index contributed by atoms with van der Waals surface area (Å²) in [6.07, 6.45) is 0. The Morgan fingerprint density at radius 3 is 2.43 bits per heavy atom. The molecular weight excluding hydrogens is 397 g/mol. The Balaban J connectivity index is 2.61. The van der Waals surface area contributed by atoms with Crippen LogP contribution in [0.4, 0.5) is 5.69 Å². The lowest BCUT2D eigenvalue weighted by atomic mass is 10.3. The molecule has 0 N–H and O–H groups in total. The molecule has 0 aliphatic heterocycles. The van der Waals surface area contributed by atoms with Gasteiger partial charge in [-0.1, -0.05) is 35.3 Å². The molecule has 0 radical (unpaired) electrons. The number of anilines is 1. The van der Waals surface area contributed by atoms with Crippen LogP contribution >= 0.6 is 39.1 Å². The minimum Gasteiger partial charge on any atom is -0.265 e. The maximum atomic E-state index is 12.9. The lowest BCUT2D eigenvalue weighted by Crippen LogP contribution is -2.31. The van der Waals surface area contributed by atoms with E-state index in [1.807, 2.05) is 6.07 Å². The topological polar surface area (TPSA) is 37.4 Å². The quantitative estimate of drug-likeness (QED) is 0.715. The molecule has 0 saturated heterocycles. The highest BCUT2D eigenvalue weighted by molar-refractivity contribution is 9.10. The van der Waals surface area contributed by atoms with E-state index >= 15 is 0 Å². The highest BCUT2D eigenvalue weighted by Gasteiger charge is 2.27. The number of hydrogen-bond acceptors (Lipinski definition) is 2. The predicted molar refractivity (Wildman–Crippen MR) is 90.8 cm³/mol. The minimum absolute atomic E-state index is 0.00531. The van der Waals surface area contributed by atoms with E-state index in [1.54, 1.807) is 31.2 Å². The molecule has 0 spiro atoms. The molecular formula is C14H12BrCl2NO2S. The lowest BCUT2D eigenvalue weighted by Gasteiger charge is -2.24. The fourth-order valence-corrected chi connectivity index (χ4v) is 4.77. The van der Waals surface area contributed by atoms with Gasteiger partial charge in [0.1, 0.15) is 4.90 Å². The van der Waals surface area contributed by atoms with Gasteiger partial charge in [0.2, 0.25) is 0 Å². The summed E-state index contributed by atoms with van der Waals surface area (Å²) >= 11 is 15.3. The van der Waals surface area contributed by atoms with Crippen molar-refractivity contribution in [2.75, 3.05) is 10.8 Å². The molecule has 0 heterocycles. The summed E-state index contributed by atoms with van der Waals surface area (Å²) in [5, 5.41) is 0.464. The number of halogens is 3. The van der Waals surface area contributed by atoms with Crippen molar-refractivity contribution < 1.29 is 8.42 Å². The van der Waals surface area contributed by atoms with Crippen molar-refractivity contribution in [3.05, 3.63) is 57.0 Å². The van der Waals surface area contributed by atoms with E-state index in [4.69, 9.17) is 23.2 Å². The minimum atomic E-state index is -3.79. The zero-order chi connectivity index (χ0) is 15.6. The first kappa shape index (κ1) is 16.6. The SMILES string of the molecule is CCN(c1ccccc1Br)S(=O)(=O)c1cc(Cl)ccc1Cl. The van der Waals surface area contributed by atoms with Crippen molar-refractivity contribution in [3.8, 4) is 0 Å². The van der Waals surface area contributed by atoms with Crippen molar-refractivity contribution in [2.45, 2.75) is 11.8 Å². The van der Waals surface area contributed by atoms with Gasteiger partial charge in [-0.25, -0.2) is 8.42 Å². The van der Waals surface area contributed by atoms with Crippen molar-refractivity contribution in [3.63, 3.8) is 0 Å². The van der Waals surface area contributed by atoms with Crippen LogP contribution in [0.15, 0.2) is 51.8 Å². The Hall–Kier alpha value is -0.750. The average molecular weight is 409 g/mol. The number of rotatable bonds is 4. The molecule has 0 fully saturated rings. The lowest BCUT2D eigenvalue weighted by molar-refractivity contribution is 0.592. The molecule has 0 aliphatic carbocycles. The largest absolute Gasteiger partial charge is 0.265 e. The number of para-hydroxylation sites is 1. The Bertz CT molecular complexity index is 765. The number of nitrogens with zero attached hydrogens (tertiary/aromatic N) is 1. The summed E-state index contributed by atoms with van der Waals surface area (Å²) in [7, 11) is -3.79. The van der Waals surface area contributed by atoms with Gasteiger partial charge in [0.05, 0.1) is 10.7 Å². The van der Waals surface area contributed by atoms with Gasteiger partial charge in [0.15, 0.2) is 0 Å². The van der Waals surface area contributed by atoms with E-state index in [9.17, 15) is 8.42 Å². The van der Waals surface area contributed by atoms with Crippen molar-refractivity contribution in [1.82, 2.24) is 0 Å². The van der Waals surface area contributed by atoms with Crippen LogP contribution in [0.5, 0.6) is 0 Å². The van der Waals surface area contributed by atoms with Crippen LogP contribution in [0, 0.1) is 0 Å². The first-order valence-corrected chi connectivity index (χ1v) is 9.09. The summed E-state index contributed by atoms with van der Waals surface area (Å²) in [5.74, 6) is 0. The first-order valence-electron chi connectivity index (χ1n) is 6.10. The third-order valence-corrected chi connectivity index (χ3v) is 6.15. The fraction of sp³-hybridized carbons (Fsp3) is 0.143. The Morgan fingerprint density at radius 1 is 1.14 bits per heavy atom. The van der Waals surface area contributed by atoms with Gasteiger partial charge in [-0.05, 0) is 53.2 Å². The zero-order valence-electron chi connectivity index (χ0n) is 11.1.